The number of terminal acetylenes is 1. The van der Waals surface area contributed by atoms with E-state index in [9.17, 15) is 5.11 Å². The molecule has 0 heterocycles. The summed E-state index contributed by atoms with van der Waals surface area (Å²) in [6.45, 7) is 6.23. The molecule has 0 saturated carbocycles. The average molecular weight is 264 g/mol. The normalized spacial score (nSPS) is 11.1. The van der Waals surface area contributed by atoms with Crippen LogP contribution in [0.5, 0.6) is 0 Å². The Morgan fingerprint density at radius 1 is 1.11 bits per heavy atom. The first-order valence-electron chi connectivity index (χ1n) is 5.88. The molecule has 0 unspecified atom stereocenters. The molecule has 0 radical (unpaired) electrons. The summed E-state index contributed by atoms with van der Waals surface area (Å²) in [6, 6.07) is 9.60. The van der Waals surface area contributed by atoms with Crippen molar-refractivity contribution in [2.45, 2.75) is 38.9 Å². The lowest BCUT2D eigenvalue weighted by Gasteiger charge is -2.37. The van der Waals surface area contributed by atoms with E-state index in [1.807, 2.05) is 30.3 Å². The molecule has 0 spiro atoms. The van der Waals surface area contributed by atoms with Gasteiger partial charge < -0.3 is 19.8 Å². The Morgan fingerprint density at radius 2 is 1.58 bits per heavy atom. The highest BCUT2D eigenvalue weighted by Gasteiger charge is 2.38. The Morgan fingerprint density at radius 3 is 1.79 bits per heavy atom. The zero-order valence-electron chi connectivity index (χ0n) is 11.8. The highest BCUT2D eigenvalue weighted by atomic mass is 16.6. The third-order valence-electron chi connectivity index (χ3n) is 2.81. The first-order valence-corrected chi connectivity index (χ1v) is 5.88. The molecule has 0 amide bonds. The summed E-state index contributed by atoms with van der Waals surface area (Å²) in [6.07, 6.45) is 5.10. The van der Waals surface area contributed by atoms with Gasteiger partial charge >= 0.3 is 7.32 Å². The van der Waals surface area contributed by atoms with E-state index >= 15 is 0 Å². The molecular formula is C14H21BO4. The van der Waals surface area contributed by atoms with Crippen LogP contribution in [0.3, 0.4) is 0 Å². The van der Waals surface area contributed by atoms with Crippen LogP contribution in [0.2, 0.25) is 0 Å². The fraction of sp³-hybridized carbons (Fsp3) is 0.429. The Labute approximate surface area is 115 Å². The quantitative estimate of drug-likeness (QED) is 0.566. The summed E-state index contributed by atoms with van der Waals surface area (Å²) in [4.78, 5) is 0. The van der Waals surface area contributed by atoms with Gasteiger partial charge in [0, 0.05) is 5.56 Å². The highest BCUT2D eigenvalue weighted by Crippen LogP contribution is 2.24. The number of hydrogen-bond donors (Lipinski definition) is 3. The summed E-state index contributed by atoms with van der Waals surface area (Å²) in [5.74, 6) is 2.53. The highest BCUT2D eigenvalue weighted by molar-refractivity contribution is 6.32. The van der Waals surface area contributed by atoms with Crippen molar-refractivity contribution in [3.63, 3.8) is 0 Å². The Kier molecular flexibility index (Phi) is 6.81. The largest absolute Gasteiger partial charge is 0.634 e. The van der Waals surface area contributed by atoms with E-state index in [0.29, 0.717) is 0 Å². The molecule has 1 rings (SSSR count). The van der Waals surface area contributed by atoms with Crippen molar-refractivity contribution in [3.8, 4) is 12.3 Å². The predicted molar refractivity (Wildman–Crippen MR) is 76.0 cm³/mol. The van der Waals surface area contributed by atoms with Gasteiger partial charge in [0.2, 0.25) is 0 Å². The van der Waals surface area contributed by atoms with Gasteiger partial charge in [-0.05, 0) is 39.8 Å². The van der Waals surface area contributed by atoms with Crippen LogP contribution in [-0.4, -0.2) is 33.7 Å². The Balaban J connectivity index is 0.000000356. The minimum Gasteiger partial charge on any atom is -0.402 e. The van der Waals surface area contributed by atoms with Gasteiger partial charge in [-0.2, -0.15) is 0 Å². The molecule has 4 nitrogen and oxygen atoms in total. The second-order valence-corrected chi connectivity index (χ2v) is 5.02. The van der Waals surface area contributed by atoms with Gasteiger partial charge in [0.15, 0.2) is 0 Å². The van der Waals surface area contributed by atoms with Gasteiger partial charge in [-0.25, -0.2) is 0 Å². The van der Waals surface area contributed by atoms with Gasteiger partial charge in [-0.1, -0.05) is 24.1 Å². The SMILES string of the molecule is C#Cc1ccccc1.CC(C)(O)C(C)(C)OB(O)O. The molecule has 1 aromatic carbocycles. The van der Waals surface area contributed by atoms with Crippen LogP contribution in [0.25, 0.3) is 0 Å². The van der Waals surface area contributed by atoms with E-state index in [-0.39, 0.29) is 0 Å². The molecule has 0 aliphatic carbocycles. The first-order chi connectivity index (χ1) is 8.60. The number of benzene rings is 1. The second kappa shape index (κ2) is 7.32. The lowest BCUT2D eigenvalue weighted by molar-refractivity contribution is -0.109. The van der Waals surface area contributed by atoms with Gasteiger partial charge in [0.05, 0.1) is 11.2 Å². The van der Waals surface area contributed by atoms with Gasteiger partial charge in [-0.3, -0.25) is 0 Å². The monoisotopic (exact) mass is 264 g/mol. The summed E-state index contributed by atoms with van der Waals surface area (Å²) in [7, 11) is -1.85. The second-order valence-electron chi connectivity index (χ2n) is 5.02. The van der Waals surface area contributed by atoms with Gasteiger partial charge in [0.25, 0.3) is 0 Å². The van der Waals surface area contributed by atoms with E-state index in [1.165, 1.54) is 13.8 Å². The fourth-order valence-electron chi connectivity index (χ4n) is 0.942. The predicted octanol–water partition coefficient (Wildman–Crippen LogP) is 1.19. The molecule has 0 aliphatic heterocycles. The minimum atomic E-state index is -1.85. The van der Waals surface area contributed by atoms with Crippen LogP contribution in [-0.2, 0) is 4.65 Å². The Bertz CT molecular complexity index is 402. The topological polar surface area (TPSA) is 69.9 Å². The van der Waals surface area contributed by atoms with Crippen molar-refractivity contribution < 1.29 is 19.8 Å². The van der Waals surface area contributed by atoms with E-state index in [1.54, 1.807) is 13.8 Å². The van der Waals surface area contributed by atoms with Gasteiger partial charge in [-0.15, -0.1) is 6.42 Å². The molecule has 0 atom stereocenters. The zero-order valence-corrected chi connectivity index (χ0v) is 11.8. The zero-order chi connectivity index (χ0) is 15.1. The average Bonchev–Trinajstić information content (AvgIpc) is 2.28. The molecule has 0 aromatic heterocycles. The molecule has 0 fully saturated rings. The maximum Gasteiger partial charge on any atom is 0.634 e. The fourth-order valence-corrected chi connectivity index (χ4v) is 0.942. The molecule has 1 aromatic rings. The first kappa shape index (κ1) is 17.7. The van der Waals surface area contributed by atoms with Crippen LogP contribution < -0.4 is 0 Å². The van der Waals surface area contributed by atoms with Crippen LogP contribution >= 0.6 is 0 Å². The van der Waals surface area contributed by atoms with Crippen molar-refractivity contribution in [2.75, 3.05) is 0 Å². The summed E-state index contributed by atoms with van der Waals surface area (Å²) < 4.78 is 4.66. The lowest BCUT2D eigenvalue weighted by atomic mass is 9.88. The molecular weight excluding hydrogens is 243 g/mol. The number of hydrogen-bond acceptors (Lipinski definition) is 4. The van der Waals surface area contributed by atoms with Crippen LogP contribution in [0.4, 0.5) is 0 Å². The van der Waals surface area contributed by atoms with Crippen LogP contribution in [0.15, 0.2) is 30.3 Å². The van der Waals surface area contributed by atoms with E-state index in [4.69, 9.17) is 16.5 Å². The van der Waals surface area contributed by atoms with Crippen LogP contribution in [0, 0.1) is 12.3 Å². The maximum absolute atomic E-state index is 9.45. The molecule has 19 heavy (non-hydrogen) atoms. The van der Waals surface area contributed by atoms with Crippen molar-refractivity contribution in [1.82, 2.24) is 0 Å². The minimum absolute atomic E-state index is 0.938. The Hall–Kier alpha value is -1.32. The smallest absolute Gasteiger partial charge is 0.402 e. The van der Waals surface area contributed by atoms with Crippen LogP contribution in [0.1, 0.15) is 33.3 Å². The number of aliphatic hydroxyl groups is 1. The molecule has 0 aliphatic rings. The molecule has 3 N–H and O–H groups in total. The molecule has 0 bridgehead atoms. The van der Waals surface area contributed by atoms with Gasteiger partial charge in [0.1, 0.15) is 0 Å². The maximum atomic E-state index is 9.45. The molecule has 0 saturated heterocycles. The lowest BCUT2D eigenvalue weighted by Crippen LogP contribution is -2.50. The van der Waals surface area contributed by atoms with E-state index in [2.05, 4.69) is 10.6 Å². The van der Waals surface area contributed by atoms with Crippen molar-refractivity contribution in [2.24, 2.45) is 0 Å². The summed E-state index contributed by atoms with van der Waals surface area (Å²) in [5, 5.41) is 26.4. The molecule has 5 heteroatoms. The van der Waals surface area contributed by atoms with E-state index < -0.39 is 18.5 Å². The van der Waals surface area contributed by atoms with Crippen molar-refractivity contribution >= 4 is 7.32 Å². The van der Waals surface area contributed by atoms with Crippen molar-refractivity contribution in [3.05, 3.63) is 35.9 Å². The summed E-state index contributed by atoms with van der Waals surface area (Å²) in [5.41, 5.74) is -1.16. The molecule has 104 valence electrons. The standard InChI is InChI=1S/C8H6.C6H15BO4/c1-2-8-6-4-3-5-7-8;1-5(2,8)6(3,4)11-7(9)10/h1,3-7H;8-10H,1-4H3. The third kappa shape index (κ3) is 6.99. The summed E-state index contributed by atoms with van der Waals surface area (Å²) >= 11 is 0. The van der Waals surface area contributed by atoms with Crippen molar-refractivity contribution in [1.29, 1.82) is 0 Å². The number of rotatable bonds is 3. The van der Waals surface area contributed by atoms with E-state index in [0.717, 1.165) is 5.56 Å². The third-order valence-corrected chi connectivity index (χ3v) is 2.81.